The lowest BCUT2D eigenvalue weighted by molar-refractivity contribution is -0.123. The molecule has 0 bridgehead atoms. The van der Waals surface area contributed by atoms with Gasteiger partial charge in [0.25, 0.3) is 0 Å². The Balaban J connectivity index is 1.74. The van der Waals surface area contributed by atoms with Crippen LogP contribution in [0.1, 0.15) is 50.2 Å². The molecule has 3 atom stereocenters. The Hall–Kier alpha value is -3.32. The molecule has 0 spiro atoms. The summed E-state index contributed by atoms with van der Waals surface area (Å²) in [7, 11) is 0. The maximum atomic E-state index is 13.4. The summed E-state index contributed by atoms with van der Waals surface area (Å²) in [6, 6.07) is 20.9. The topological polar surface area (TPSA) is 56.1 Å². The molecule has 1 N–H and O–H groups in total. The molecule has 0 saturated heterocycles. The number of rotatable bonds is 5. The fourth-order valence-corrected chi connectivity index (χ4v) is 4.97. The van der Waals surface area contributed by atoms with Gasteiger partial charge in [0.05, 0.1) is 17.6 Å². The molecule has 3 unspecified atom stereocenters. The maximum absolute atomic E-state index is 13.4. The predicted molar refractivity (Wildman–Crippen MR) is 125 cm³/mol. The molecule has 31 heavy (non-hydrogen) atoms. The predicted octanol–water partition coefficient (Wildman–Crippen LogP) is 5.27. The molecule has 1 heterocycles. The molecule has 2 aliphatic rings. The van der Waals surface area contributed by atoms with E-state index in [0.29, 0.717) is 12.0 Å². The van der Waals surface area contributed by atoms with E-state index in [0.717, 1.165) is 41.3 Å². The smallest absolute Gasteiger partial charge is 0.143 e. The van der Waals surface area contributed by atoms with Crippen molar-refractivity contribution in [2.75, 3.05) is 18.0 Å². The van der Waals surface area contributed by atoms with Gasteiger partial charge >= 0.3 is 0 Å². The van der Waals surface area contributed by atoms with Crippen molar-refractivity contribution in [2.24, 2.45) is 5.92 Å². The highest BCUT2D eigenvalue weighted by atomic mass is 16.1. The van der Waals surface area contributed by atoms with E-state index in [-0.39, 0.29) is 23.5 Å². The average Bonchev–Trinajstić information content (AvgIpc) is 2.80. The molecule has 2 aromatic carbocycles. The number of allylic oxidation sites excluding steroid dienone is 4. The molecule has 4 heteroatoms. The number of benzene rings is 2. The standard InChI is InChI=1S/C27H29N3O/c1-4-30(5-2)22-13-11-20(12-14-22)26-23(17-28)18(3)29-24-15-21(16-25(31)27(24)26)19-9-7-6-8-10-19/h6-15,21,26-27,29H,4-5,16H2,1-3H3. The second kappa shape index (κ2) is 8.81. The number of Topliss-reactive ketones (excluding diaryl/α,β-unsaturated/α-hetero) is 1. The quantitative estimate of drug-likeness (QED) is 0.728. The molecule has 0 fully saturated rings. The van der Waals surface area contributed by atoms with Gasteiger partial charge in [0, 0.05) is 48.4 Å². The largest absolute Gasteiger partial charge is 0.372 e. The summed E-state index contributed by atoms with van der Waals surface area (Å²) in [5.74, 6) is -0.323. The fourth-order valence-electron chi connectivity index (χ4n) is 4.97. The van der Waals surface area contributed by atoms with E-state index in [1.165, 1.54) is 0 Å². The normalized spacial score (nSPS) is 22.8. The van der Waals surface area contributed by atoms with Crippen LogP contribution in [0.3, 0.4) is 0 Å². The minimum absolute atomic E-state index is 0.0644. The van der Waals surface area contributed by atoms with Gasteiger partial charge < -0.3 is 10.2 Å². The number of ketones is 1. The highest BCUT2D eigenvalue weighted by molar-refractivity contribution is 5.88. The Morgan fingerprint density at radius 1 is 1.00 bits per heavy atom. The van der Waals surface area contributed by atoms with Crippen molar-refractivity contribution in [3.63, 3.8) is 0 Å². The van der Waals surface area contributed by atoms with Crippen molar-refractivity contribution in [2.45, 2.75) is 39.0 Å². The van der Waals surface area contributed by atoms with Crippen LogP contribution in [0.25, 0.3) is 0 Å². The summed E-state index contributed by atoms with van der Waals surface area (Å²) < 4.78 is 0. The number of carbonyl (C=O) groups is 1. The molecule has 4 nitrogen and oxygen atoms in total. The van der Waals surface area contributed by atoms with Crippen LogP contribution in [-0.4, -0.2) is 18.9 Å². The van der Waals surface area contributed by atoms with Gasteiger partial charge in [0.15, 0.2) is 0 Å². The van der Waals surface area contributed by atoms with Crippen LogP contribution in [0.5, 0.6) is 0 Å². The van der Waals surface area contributed by atoms with Crippen molar-refractivity contribution in [1.82, 2.24) is 5.32 Å². The first kappa shape index (κ1) is 20.9. The van der Waals surface area contributed by atoms with Crippen LogP contribution in [0.15, 0.2) is 77.6 Å². The molecule has 0 aromatic heterocycles. The highest BCUT2D eigenvalue weighted by Gasteiger charge is 2.42. The summed E-state index contributed by atoms with van der Waals surface area (Å²) in [5.41, 5.74) is 5.76. The van der Waals surface area contributed by atoms with Crippen LogP contribution in [0.2, 0.25) is 0 Å². The number of anilines is 1. The number of nitriles is 1. The SMILES string of the molecule is CCN(CC)c1ccc(C2C(C#N)=C(C)NC3=CC(c4ccccc4)CC(=O)C32)cc1. The van der Waals surface area contributed by atoms with Crippen LogP contribution in [-0.2, 0) is 4.79 Å². The molecule has 1 aliphatic carbocycles. The highest BCUT2D eigenvalue weighted by Crippen LogP contribution is 2.45. The zero-order valence-corrected chi connectivity index (χ0v) is 18.4. The molecular formula is C27H29N3O. The number of nitrogens with one attached hydrogen (secondary N) is 1. The van der Waals surface area contributed by atoms with E-state index >= 15 is 0 Å². The molecule has 1 aliphatic heterocycles. The lowest BCUT2D eigenvalue weighted by atomic mass is 9.69. The Labute approximate surface area is 184 Å². The monoisotopic (exact) mass is 411 g/mol. The van der Waals surface area contributed by atoms with E-state index in [4.69, 9.17) is 0 Å². The molecule has 0 amide bonds. The van der Waals surface area contributed by atoms with Crippen LogP contribution >= 0.6 is 0 Å². The zero-order chi connectivity index (χ0) is 22.0. The van der Waals surface area contributed by atoms with Gasteiger partial charge in [-0.2, -0.15) is 5.26 Å². The zero-order valence-electron chi connectivity index (χ0n) is 18.4. The number of fused-ring (bicyclic) bond motifs is 1. The van der Waals surface area contributed by atoms with Crippen molar-refractivity contribution >= 4 is 11.5 Å². The molecule has 0 saturated carbocycles. The number of hydrogen-bond acceptors (Lipinski definition) is 4. The van der Waals surface area contributed by atoms with Gasteiger partial charge in [-0.05, 0) is 44.0 Å². The fraction of sp³-hybridized carbons (Fsp3) is 0.333. The lowest BCUT2D eigenvalue weighted by Crippen LogP contribution is -2.39. The molecule has 0 radical (unpaired) electrons. The van der Waals surface area contributed by atoms with Gasteiger partial charge in [-0.1, -0.05) is 48.5 Å². The Morgan fingerprint density at radius 3 is 2.29 bits per heavy atom. The number of nitrogens with zero attached hydrogens (tertiary/aromatic N) is 2. The molecule has 158 valence electrons. The molecule has 4 rings (SSSR count). The van der Waals surface area contributed by atoms with Crippen LogP contribution < -0.4 is 10.2 Å². The maximum Gasteiger partial charge on any atom is 0.143 e. The van der Waals surface area contributed by atoms with Gasteiger partial charge in [-0.25, -0.2) is 0 Å². The van der Waals surface area contributed by atoms with E-state index in [1.54, 1.807) is 0 Å². The third-order valence-corrected chi connectivity index (χ3v) is 6.59. The summed E-state index contributed by atoms with van der Waals surface area (Å²) in [6.45, 7) is 8.11. The van der Waals surface area contributed by atoms with Crippen LogP contribution in [0.4, 0.5) is 5.69 Å². The summed E-state index contributed by atoms with van der Waals surface area (Å²) in [6.07, 6.45) is 2.65. The van der Waals surface area contributed by atoms with Crippen LogP contribution in [0, 0.1) is 17.2 Å². The minimum Gasteiger partial charge on any atom is -0.372 e. The Kier molecular flexibility index (Phi) is 5.95. The average molecular weight is 412 g/mol. The van der Waals surface area contributed by atoms with Crippen molar-refractivity contribution in [3.8, 4) is 6.07 Å². The summed E-state index contributed by atoms with van der Waals surface area (Å²) >= 11 is 0. The van der Waals surface area contributed by atoms with E-state index < -0.39 is 0 Å². The first-order valence-corrected chi connectivity index (χ1v) is 11.1. The first-order chi connectivity index (χ1) is 15.1. The first-order valence-electron chi connectivity index (χ1n) is 11.1. The van der Waals surface area contributed by atoms with E-state index in [9.17, 15) is 10.1 Å². The third-order valence-electron chi connectivity index (χ3n) is 6.59. The molecular weight excluding hydrogens is 382 g/mol. The van der Waals surface area contributed by atoms with Crippen molar-refractivity contribution in [3.05, 3.63) is 88.8 Å². The molecule has 2 aromatic rings. The van der Waals surface area contributed by atoms with Gasteiger partial charge in [-0.3, -0.25) is 4.79 Å². The van der Waals surface area contributed by atoms with Crippen molar-refractivity contribution < 1.29 is 4.79 Å². The number of carbonyl (C=O) groups excluding carboxylic acids is 1. The van der Waals surface area contributed by atoms with Gasteiger partial charge in [-0.15, -0.1) is 0 Å². The minimum atomic E-state index is -0.336. The Bertz CT molecular complexity index is 1060. The van der Waals surface area contributed by atoms with E-state index in [2.05, 4.69) is 72.6 Å². The van der Waals surface area contributed by atoms with Crippen molar-refractivity contribution in [1.29, 1.82) is 5.26 Å². The van der Waals surface area contributed by atoms with Gasteiger partial charge in [0.2, 0.25) is 0 Å². The Morgan fingerprint density at radius 2 is 1.68 bits per heavy atom. The van der Waals surface area contributed by atoms with Gasteiger partial charge in [0.1, 0.15) is 5.78 Å². The summed E-state index contributed by atoms with van der Waals surface area (Å²) in [5, 5.41) is 13.3. The number of hydrogen-bond donors (Lipinski definition) is 1. The summed E-state index contributed by atoms with van der Waals surface area (Å²) in [4.78, 5) is 15.7. The second-order valence-corrected chi connectivity index (χ2v) is 8.30. The second-order valence-electron chi connectivity index (χ2n) is 8.30. The lowest BCUT2D eigenvalue weighted by Gasteiger charge is -2.38. The van der Waals surface area contributed by atoms with E-state index in [1.807, 2.05) is 25.1 Å². The third kappa shape index (κ3) is 3.88.